The first kappa shape index (κ1) is 13.1. The molecular weight excluding hydrogens is 270 g/mol. The molecule has 2 aliphatic heterocycles. The number of amides is 1. The minimum absolute atomic E-state index is 0.0624. The summed E-state index contributed by atoms with van der Waals surface area (Å²) in [6, 6.07) is 0.701. The molecule has 3 unspecified atom stereocenters. The first-order valence-electron chi connectivity index (χ1n) is 7.79. The summed E-state index contributed by atoms with van der Waals surface area (Å²) in [4.78, 5) is 12.5. The molecule has 2 fully saturated rings. The second-order valence-electron chi connectivity index (χ2n) is 6.16. The fraction of sp³-hybridized carbons (Fsp3) is 0.714. The number of nitrogens with zero attached hydrogens (tertiary/aromatic N) is 2. The van der Waals surface area contributed by atoms with E-state index in [0.29, 0.717) is 30.0 Å². The van der Waals surface area contributed by atoms with Crippen LogP contribution in [0.1, 0.15) is 36.0 Å². The Balaban J connectivity index is 1.43. The van der Waals surface area contributed by atoms with Gasteiger partial charge >= 0.3 is 0 Å². The van der Waals surface area contributed by atoms with E-state index in [0.717, 1.165) is 38.8 Å². The Morgan fingerprint density at radius 3 is 3.38 bits per heavy atom. The van der Waals surface area contributed by atoms with Gasteiger partial charge < -0.3 is 10.1 Å². The number of nitrogens with one attached hydrogen (secondary N) is 3. The summed E-state index contributed by atoms with van der Waals surface area (Å²) in [6.07, 6.45) is 5.74. The van der Waals surface area contributed by atoms with E-state index < -0.39 is 0 Å². The number of rotatable bonds is 2. The van der Waals surface area contributed by atoms with E-state index >= 15 is 0 Å². The standard InChI is InChI=1S/C14H21N5O2/c20-13(11-8-16-19-4-1-5-21-14(11)19)17-10-3-2-9-7-15-18-12(9)6-10/h8-10,12,15,18H,1-7H2,(H,17,20). The van der Waals surface area contributed by atoms with Crippen LogP contribution >= 0.6 is 0 Å². The molecule has 114 valence electrons. The molecule has 0 radical (unpaired) electrons. The van der Waals surface area contributed by atoms with Crippen molar-refractivity contribution in [2.24, 2.45) is 5.92 Å². The Morgan fingerprint density at radius 1 is 1.48 bits per heavy atom. The van der Waals surface area contributed by atoms with E-state index in [1.165, 1.54) is 0 Å². The van der Waals surface area contributed by atoms with Gasteiger partial charge in [-0.1, -0.05) is 0 Å². The second-order valence-corrected chi connectivity index (χ2v) is 6.16. The van der Waals surface area contributed by atoms with Crippen LogP contribution in [0, 0.1) is 5.92 Å². The Kier molecular flexibility index (Phi) is 3.31. The minimum atomic E-state index is -0.0624. The van der Waals surface area contributed by atoms with E-state index in [-0.39, 0.29) is 11.9 Å². The van der Waals surface area contributed by atoms with Crippen LogP contribution in [-0.4, -0.2) is 40.9 Å². The molecule has 7 nitrogen and oxygen atoms in total. The molecule has 1 saturated heterocycles. The molecule has 3 heterocycles. The number of aryl methyl sites for hydroxylation is 1. The van der Waals surface area contributed by atoms with Gasteiger partial charge in [-0.3, -0.25) is 15.6 Å². The zero-order chi connectivity index (χ0) is 14.2. The number of fused-ring (bicyclic) bond motifs is 2. The lowest BCUT2D eigenvalue weighted by molar-refractivity contribution is 0.0912. The summed E-state index contributed by atoms with van der Waals surface area (Å²) in [7, 11) is 0. The fourth-order valence-corrected chi connectivity index (χ4v) is 3.59. The van der Waals surface area contributed by atoms with Gasteiger partial charge in [0, 0.05) is 31.6 Å². The lowest BCUT2D eigenvalue weighted by Gasteiger charge is -2.31. The van der Waals surface area contributed by atoms with Crippen LogP contribution in [0.5, 0.6) is 5.88 Å². The van der Waals surface area contributed by atoms with Crippen LogP contribution < -0.4 is 20.9 Å². The Labute approximate surface area is 123 Å². The smallest absolute Gasteiger partial charge is 0.258 e. The van der Waals surface area contributed by atoms with Crippen LogP contribution in [-0.2, 0) is 6.54 Å². The largest absolute Gasteiger partial charge is 0.477 e. The van der Waals surface area contributed by atoms with E-state index in [4.69, 9.17) is 4.74 Å². The van der Waals surface area contributed by atoms with Gasteiger partial charge in [0.05, 0.1) is 12.8 Å². The van der Waals surface area contributed by atoms with Crippen LogP contribution in [0.25, 0.3) is 0 Å². The van der Waals surface area contributed by atoms with Crippen molar-refractivity contribution in [2.75, 3.05) is 13.2 Å². The van der Waals surface area contributed by atoms with Crippen molar-refractivity contribution in [1.29, 1.82) is 0 Å². The second kappa shape index (κ2) is 5.31. The average Bonchev–Trinajstić information content (AvgIpc) is 3.13. The molecule has 3 N–H and O–H groups in total. The summed E-state index contributed by atoms with van der Waals surface area (Å²) < 4.78 is 7.37. The lowest BCUT2D eigenvalue weighted by atomic mass is 9.83. The maximum absolute atomic E-state index is 12.5. The van der Waals surface area contributed by atoms with Crippen molar-refractivity contribution in [2.45, 2.75) is 44.3 Å². The molecule has 0 aromatic carbocycles. The molecule has 0 spiro atoms. The van der Waals surface area contributed by atoms with Gasteiger partial charge in [0.2, 0.25) is 5.88 Å². The average molecular weight is 291 g/mol. The quantitative estimate of drug-likeness (QED) is 0.717. The third kappa shape index (κ3) is 2.40. The minimum Gasteiger partial charge on any atom is -0.477 e. The molecule has 1 aliphatic carbocycles. The van der Waals surface area contributed by atoms with E-state index in [2.05, 4.69) is 21.3 Å². The summed E-state index contributed by atoms with van der Waals surface area (Å²) in [5.41, 5.74) is 7.08. The SMILES string of the molecule is O=C(NC1CCC2CNNC2C1)c1cnn2c1OCCC2. The summed E-state index contributed by atoms with van der Waals surface area (Å²) in [5.74, 6) is 1.26. The van der Waals surface area contributed by atoms with Gasteiger partial charge in [-0.2, -0.15) is 5.10 Å². The summed E-state index contributed by atoms with van der Waals surface area (Å²) in [5, 5.41) is 7.38. The zero-order valence-electron chi connectivity index (χ0n) is 12.0. The molecular formula is C14H21N5O2. The van der Waals surface area contributed by atoms with Gasteiger partial charge in [-0.05, 0) is 25.2 Å². The van der Waals surface area contributed by atoms with E-state index in [1.54, 1.807) is 10.9 Å². The summed E-state index contributed by atoms with van der Waals surface area (Å²) in [6.45, 7) is 2.52. The van der Waals surface area contributed by atoms with Crippen molar-refractivity contribution in [3.8, 4) is 5.88 Å². The van der Waals surface area contributed by atoms with Crippen molar-refractivity contribution >= 4 is 5.91 Å². The molecule has 0 bridgehead atoms. The third-order valence-corrected chi connectivity index (χ3v) is 4.77. The maximum atomic E-state index is 12.5. The molecule has 1 amide bonds. The van der Waals surface area contributed by atoms with E-state index in [9.17, 15) is 4.79 Å². The van der Waals surface area contributed by atoms with Gasteiger partial charge in [0.25, 0.3) is 5.91 Å². The molecule has 1 aromatic rings. The Morgan fingerprint density at radius 2 is 2.43 bits per heavy atom. The van der Waals surface area contributed by atoms with Crippen molar-refractivity contribution in [3.05, 3.63) is 11.8 Å². The van der Waals surface area contributed by atoms with Crippen LogP contribution in [0.4, 0.5) is 0 Å². The highest BCUT2D eigenvalue weighted by molar-refractivity contribution is 5.96. The van der Waals surface area contributed by atoms with Crippen LogP contribution in [0.2, 0.25) is 0 Å². The predicted octanol–water partition coefficient (Wildman–Crippen LogP) is 0.0405. The molecule has 4 rings (SSSR count). The number of hydrazine groups is 1. The number of ether oxygens (including phenoxy) is 1. The molecule has 3 aliphatic rings. The van der Waals surface area contributed by atoms with Crippen molar-refractivity contribution in [3.63, 3.8) is 0 Å². The third-order valence-electron chi connectivity index (χ3n) is 4.77. The fourth-order valence-electron chi connectivity index (χ4n) is 3.59. The first-order chi connectivity index (χ1) is 10.3. The number of carbonyl (C=O) groups excluding carboxylic acids is 1. The Bertz CT molecular complexity index is 543. The highest BCUT2D eigenvalue weighted by Gasteiger charge is 2.34. The Hall–Kier alpha value is -1.60. The van der Waals surface area contributed by atoms with Gasteiger partial charge in [-0.25, -0.2) is 4.68 Å². The zero-order valence-corrected chi connectivity index (χ0v) is 12.0. The molecule has 3 atom stereocenters. The lowest BCUT2D eigenvalue weighted by Crippen LogP contribution is -2.45. The highest BCUT2D eigenvalue weighted by atomic mass is 16.5. The van der Waals surface area contributed by atoms with Gasteiger partial charge in [-0.15, -0.1) is 0 Å². The monoisotopic (exact) mass is 291 g/mol. The van der Waals surface area contributed by atoms with Crippen LogP contribution in [0.15, 0.2) is 6.20 Å². The summed E-state index contributed by atoms with van der Waals surface area (Å²) >= 11 is 0. The number of hydrogen-bond donors (Lipinski definition) is 3. The van der Waals surface area contributed by atoms with Gasteiger partial charge in [0.15, 0.2) is 0 Å². The molecule has 1 aromatic heterocycles. The first-order valence-corrected chi connectivity index (χ1v) is 7.79. The maximum Gasteiger partial charge on any atom is 0.258 e. The van der Waals surface area contributed by atoms with Crippen LogP contribution in [0.3, 0.4) is 0 Å². The topological polar surface area (TPSA) is 80.2 Å². The molecule has 21 heavy (non-hydrogen) atoms. The number of carbonyl (C=O) groups is 1. The number of hydrogen-bond acceptors (Lipinski definition) is 5. The molecule has 1 saturated carbocycles. The van der Waals surface area contributed by atoms with Crippen molar-refractivity contribution in [1.82, 2.24) is 25.9 Å². The van der Waals surface area contributed by atoms with E-state index in [1.807, 2.05) is 0 Å². The highest BCUT2D eigenvalue weighted by Crippen LogP contribution is 2.28. The normalized spacial score (nSPS) is 31.1. The number of aromatic nitrogens is 2. The van der Waals surface area contributed by atoms with Crippen molar-refractivity contribution < 1.29 is 9.53 Å². The predicted molar refractivity (Wildman–Crippen MR) is 75.9 cm³/mol. The molecule has 7 heteroatoms. The van der Waals surface area contributed by atoms with Gasteiger partial charge in [0.1, 0.15) is 5.56 Å².